The van der Waals surface area contributed by atoms with Gasteiger partial charge in [-0.05, 0) is 73.7 Å². The Bertz CT molecular complexity index is 392. The van der Waals surface area contributed by atoms with E-state index in [0.717, 1.165) is 34.5 Å². The first-order chi connectivity index (χ1) is 8.72. The molecule has 0 spiro atoms. The van der Waals surface area contributed by atoms with Gasteiger partial charge in [-0.1, -0.05) is 15.9 Å². The molecule has 1 aromatic carbocycles. The molecule has 0 aromatic heterocycles. The number of nitrogens with two attached hydrogens (primary N) is 1. The van der Waals surface area contributed by atoms with E-state index < -0.39 is 0 Å². The zero-order valence-corrected chi connectivity index (χ0v) is 12.2. The highest BCUT2D eigenvalue weighted by atomic mass is 79.9. The van der Waals surface area contributed by atoms with Crippen LogP contribution >= 0.6 is 15.9 Å². The van der Waals surface area contributed by atoms with Gasteiger partial charge in [0.05, 0.1) is 0 Å². The van der Waals surface area contributed by atoms with Crippen LogP contribution in [0.3, 0.4) is 0 Å². The lowest BCUT2D eigenvalue weighted by atomic mass is 9.98. The number of rotatable bonds is 6. The molecule has 3 N–H and O–H groups in total. The third kappa shape index (κ3) is 3.27. The van der Waals surface area contributed by atoms with Crippen LogP contribution in [0.25, 0.3) is 0 Å². The van der Waals surface area contributed by atoms with E-state index in [1.165, 1.54) is 37.8 Å². The highest BCUT2D eigenvalue weighted by Gasteiger charge is 2.40. The van der Waals surface area contributed by atoms with E-state index in [2.05, 4.69) is 33.4 Å². The van der Waals surface area contributed by atoms with Crippen LogP contribution in [-0.2, 0) is 6.54 Å². The van der Waals surface area contributed by atoms with E-state index in [-0.39, 0.29) is 0 Å². The molecule has 3 heteroatoms. The van der Waals surface area contributed by atoms with Crippen LogP contribution in [0.1, 0.15) is 31.2 Å². The number of nitrogens with one attached hydrogen (secondary N) is 1. The standard InChI is InChI=1S/C15H21BrN2/c16-13-5-10(6-14(17)7-13)8-18-9-15(11-1-2-11)12-3-4-12/h5-7,11-12,15,18H,1-4,8-9,17H2. The first-order valence-electron chi connectivity index (χ1n) is 6.98. The first-order valence-corrected chi connectivity index (χ1v) is 7.77. The summed E-state index contributed by atoms with van der Waals surface area (Å²) in [5.74, 6) is 2.99. The summed E-state index contributed by atoms with van der Waals surface area (Å²) in [6.45, 7) is 2.11. The fraction of sp³-hybridized carbons (Fsp3) is 0.600. The number of hydrogen-bond donors (Lipinski definition) is 2. The summed E-state index contributed by atoms with van der Waals surface area (Å²) in [5, 5.41) is 3.62. The average molecular weight is 309 g/mol. The highest BCUT2D eigenvalue weighted by Crippen LogP contribution is 2.48. The molecule has 98 valence electrons. The van der Waals surface area contributed by atoms with Gasteiger partial charge in [0.25, 0.3) is 0 Å². The topological polar surface area (TPSA) is 38.0 Å². The van der Waals surface area contributed by atoms with Crippen LogP contribution < -0.4 is 11.1 Å². The third-order valence-electron chi connectivity index (χ3n) is 4.14. The summed E-state index contributed by atoms with van der Waals surface area (Å²) in [4.78, 5) is 0. The van der Waals surface area contributed by atoms with Gasteiger partial charge in [0.1, 0.15) is 0 Å². The van der Waals surface area contributed by atoms with Crippen LogP contribution in [0.2, 0.25) is 0 Å². The van der Waals surface area contributed by atoms with Crippen LogP contribution in [0.15, 0.2) is 22.7 Å². The van der Waals surface area contributed by atoms with Crippen molar-refractivity contribution in [1.29, 1.82) is 0 Å². The molecule has 0 aliphatic heterocycles. The lowest BCUT2D eigenvalue weighted by molar-refractivity contribution is 0.378. The minimum absolute atomic E-state index is 0.835. The lowest BCUT2D eigenvalue weighted by Crippen LogP contribution is -2.25. The van der Waals surface area contributed by atoms with E-state index >= 15 is 0 Å². The zero-order chi connectivity index (χ0) is 12.5. The van der Waals surface area contributed by atoms with Gasteiger partial charge >= 0.3 is 0 Å². The van der Waals surface area contributed by atoms with Crippen LogP contribution in [0.4, 0.5) is 5.69 Å². The molecule has 18 heavy (non-hydrogen) atoms. The lowest BCUT2D eigenvalue weighted by Gasteiger charge is -2.16. The summed E-state index contributed by atoms with van der Waals surface area (Å²) >= 11 is 3.49. The number of benzene rings is 1. The summed E-state index contributed by atoms with van der Waals surface area (Å²) in [6, 6.07) is 6.15. The Kier molecular flexibility index (Phi) is 3.62. The van der Waals surface area contributed by atoms with E-state index in [4.69, 9.17) is 5.73 Å². The van der Waals surface area contributed by atoms with Crippen LogP contribution in [0.5, 0.6) is 0 Å². The van der Waals surface area contributed by atoms with Gasteiger partial charge in [0.15, 0.2) is 0 Å². The molecule has 1 aromatic rings. The molecule has 0 amide bonds. The molecule has 0 heterocycles. The maximum Gasteiger partial charge on any atom is 0.0328 e. The molecule has 2 fully saturated rings. The molecule has 0 bridgehead atoms. The van der Waals surface area contributed by atoms with E-state index in [1.54, 1.807) is 0 Å². The molecule has 0 atom stereocenters. The predicted octanol–water partition coefficient (Wildman–Crippen LogP) is 3.56. The maximum atomic E-state index is 5.85. The first kappa shape index (κ1) is 12.5. The van der Waals surface area contributed by atoms with Crippen molar-refractivity contribution in [3.8, 4) is 0 Å². The zero-order valence-electron chi connectivity index (χ0n) is 10.7. The van der Waals surface area contributed by atoms with Crippen molar-refractivity contribution in [3.05, 3.63) is 28.2 Å². The Morgan fingerprint density at radius 2 is 1.83 bits per heavy atom. The summed E-state index contributed by atoms with van der Waals surface area (Å²) in [5.41, 5.74) is 7.96. The number of halogens is 1. The molecule has 2 nitrogen and oxygen atoms in total. The fourth-order valence-corrected chi connectivity index (χ4v) is 3.49. The fourth-order valence-electron chi connectivity index (χ4n) is 2.93. The van der Waals surface area contributed by atoms with Crippen LogP contribution in [-0.4, -0.2) is 6.54 Å². The second kappa shape index (κ2) is 5.22. The van der Waals surface area contributed by atoms with Gasteiger partial charge in [-0.15, -0.1) is 0 Å². The van der Waals surface area contributed by atoms with Gasteiger partial charge in [0.2, 0.25) is 0 Å². The Morgan fingerprint density at radius 1 is 1.17 bits per heavy atom. The Hall–Kier alpha value is -0.540. The second-order valence-electron chi connectivity index (χ2n) is 5.86. The molecular formula is C15H21BrN2. The molecule has 0 unspecified atom stereocenters. The minimum Gasteiger partial charge on any atom is -0.399 e. The van der Waals surface area contributed by atoms with E-state index in [0.29, 0.717) is 0 Å². The van der Waals surface area contributed by atoms with Crippen molar-refractivity contribution in [2.24, 2.45) is 17.8 Å². The molecule has 2 aliphatic carbocycles. The number of hydrogen-bond acceptors (Lipinski definition) is 2. The van der Waals surface area contributed by atoms with Gasteiger partial charge in [-0.2, -0.15) is 0 Å². The third-order valence-corrected chi connectivity index (χ3v) is 4.60. The Morgan fingerprint density at radius 3 is 2.39 bits per heavy atom. The maximum absolute atomic E-state index is 5.85. The van der Waals surface area contributed by atoms with Gasteiger partial charge in [-0.25, -0.2) is 0 Å². The minimum atomic E-state index is 0.835. The molecular weight excluding hydrogens is 288 g/mol. The normalized spacial score (nSPS) is 19.4. The summed E-state index contributed by atoms with van der Waals surface area (Å²) < 4.78 is 1.07. The van der Waals surface area contributed by atoms with Crippen molar-refractivity contribution in [2.45, 2.75) is 32.2 Å². The smallest absolute Gasteiger partial charge is 0.0328 e. The summed E-state index contributed by atoms with van der Waals surface area (Å²) in [7, 11) is 0. The molecule has 0 saturated heterocycles. The van der Waals surface area contributed by atoms with Crippen molar-refractivity contribution in [3.63, 3.8) is 0 Å². The largest absolute Gasteiger partial charge is 0.399 e. The molecule has 0 radical (unpaired) electrons. The SMILES string of the molecule is Nc1cc(Br)cc(CNCC(C2CC2)C2CC2)c1. The Labute approximate surface area is 117 Å². The molecule has 2 saturated carbocycles. The van der Waals surface area contributed by atoms with Crippen LogP contribution in [0, 0.1) is 17.8 Å². The monoisotopic (exact) mass is 308 g/mol. The predicted molar refractivity (Wildman–Crippen MR) is 79.2 cm³/mol. The highest BCUT2D eigenvalue weighted by molar-refractivity contribution is 9.10. The Balaban J connectivity index is 1.51. The van der Waals surface area contributed by atoms with Crippen molar-refractivity contribution >= 4 is 21.6 Å². The average Bonchev–Trinajstić information content (AvgIpc) is 3.14. The molecule has 2 aliphatic rings. The van der Waals surface area contributed by atoms with E-state index in [9.17, 15) is 0 Å². The second-order valence-corrected chi connectivity index (χ2v) is 6.78. The van der Waals surface area contributed by atoms with Gasteiger partial charge in [0, 0.05) is 16.7 Å². The van der Waals surface area contributed by atoms with Crippen molar-refractivity contribution in [2.75, 3.05) is 12.3 Å². The molecule has 3 rings (SSSR count). The number of nitrogen functional groups attached to an aromatic ring is 1. The van der Waals surface area contributed by atoms with Gasteiger partial charge in [-0.3, -0.25) is 0 Å². The van der Waals surface area contributed by atoms with E-state index in [1.807, 2.05) is 6.07 Å². The quantitative estimate of drug-likeness (QED) is 0.789. The van der Waals surface area contributed by atoms with Crippen molar-refractivity contribution in [1.82, 2.24) is 5.32 Å². The summed E-state index contributed by atoms with van der Waals surface area (Å²) in [6.07, 6.45) is 5.86. The van der Waals surface area contributed by atoms with Gasteiger partial charge < -0.3 is 11.1 Å². The number of anilines is 1. The van der Waals surface area contributed by atoms with Crippen molar-refractivity contribution < 1.29 is 0 Å².